The number of ether oxygens (including phenoxy) is 1. The van der Waals surface area contributed by atoms with E-state index in [9.17, 15) is 4.39 Å². The molecule has 1 unspecified atom stereocenters. The number of piperidine rings is 1. The summed E-state index contributed by atoms with van der Waals surface area (Å²) in [4.78, 5) is 7.14. The average molecular weight is 326 g/mol. The molecule has 1 aliphatic heterocycles. The lowest BCUT2D eigenvalue weighted by Crippen LogP contribution is -2.40. The zero-order valence-electron chi connectivity index (χ0n) is 13.8. The molecule has 1 aromatic heterocycles. The van der Waals surface area contributed by atoms with E-state index in [0.717, 1.165) is 44.6 Å². The molecule has 0 amide bonds. The molecule has 1 atom stereocenters. The van der Waals surface area contributed by atoms with Gasteiger partial charge in [0.25, 0.3) is 0 Å². The van der Waals surface area contributed by atoms with Gasteiger partial charge in [0.2, 0.25) is 0 Å². The number of hydrogen-bond acceptors (Lipinski definition) is 3. The molecule has 24 heavy (non-hydrogen) atoms. The molecule has 4 rings (SSSR count). The van der Waals surface area contributed by atoms with Gasteiger partial charge in [-0.1, -0.05) is 6.07 Å². The minimum absolute atomic E-state index is 0.220. The van der Waals surface area contributed by atoms with Crippen LogP contribution in [0.25, 0.3) is 0 Å². The normalized spacial score (nSPS) is 21.6. The van der Waals surface area contributed by atoms with Gasteiger partial charge in [-0.25, -0.2) is 4.39 Å². The molecule has 0 spiro atoms. The van der Waals surface area contributed by atoms with Gasteiger partial charge in [0.05, 0.1) is 0 Å². The Balaban J connectivity index is 1.28. The molecule has 1 saturated heterocycles. The number of halogens is 1. The summed E-state index contributed by atoms with van der Waals surface area (Å²) in [5, 5.41) is 0. The fourth-order valence-electron chi connectivity index (χ4n) is 3.90. The average Bonchev–Trinajstić information content (AvgIpc) is 3.02. The highest BCUT2D eigenvalue weighted by molar-refractivity contribution is 5.28. The summed E-state index contributed by atoms with van der Waals surface area (Å²) in [6.45, 7) is 3.22. The lowest BCUT2D eigenvalue weighted by molar-refractivity contribution is 0.0966. The van der Waals surface area contributed by atoms with Crippen LogP contribution in [0, 0.1) is 5.82 Å². The van der Waals surface area contributed by atoms with Crippen LogP contribution in [0.2, 0.25) is 0 Å². The SMILES string of the molecule is Fc1ccc(OC2CCN(CC3CCc4cccnc43)CC2)cc1. The number of hydrogen-bond donors (Lipinski definition) is 0. The van der Waals surface area contributed by atoms with Crippen LogP contribution in [0.1, 0.15) is 36.4 Å². The zero-order chi connectivity index (χ0) is 16.4. The van der Waals surface area contributed by atoms with Crippen molar-refractivity contribution in [2.75, 3.05) is 19.6 Å². The van der Waals surface area contributed by atoms with E-state index >= 15 is 0 Å². The zero-order valence-corrected chi connectivity index (χ0v) is 13.8. The van der Waals surface area contributed by atoms with Crippen molar-refractivity contribution in [3.8, 4) is 5.75 Å². The fraction of sp³-hybridized carbons (Fsp3) is 0.450. The highest BCUT2D eigenvalue weighted by Gasteiger charge is 2.28. The number of rotatable bonds is 4. The Labute approximate surface area is 142 Å². The van der Waals surface area contributed by atoms with Crippen LogP contribution in [0.4, 0.5) is 4.39 Å². The molecule has 0 saturated carbocycles. The van der Waals surface area contributed by atoms with Crippen LogP contribution in [-0.4, -0.2) is 35.6 Å². The molecule has 0 N–H and O–H groups in total. The maximum atomic E-state index is 12.9. The van der Waals surface area contributed by atoms with Gasteiger partial charge in [-0.3, -0.25) is 4.98 Å². The molecule has 0 radical (unpaired) electrons. The number of aromatic nitrogens is 1. The van der Waals surface area contributed by atoms with Crippen LogP contribution in [0.3, 0.4) is 0 Å². The third kappa shape index (κ3) is 3.44. The summed E-state index contributed by atoms with van der Waals surface area (Å²) in [5.41, 5.74) is 2.74. The summed E-state index contributed by atoms with van der Waals surface area (Å²) in [6.07, 6.45) is 6.59. The van der Waals surface area contributed by atoms with Gasteiger partial charge in [0, 0.05) is 37.4 Å². The molecule has 2 aromatic rings. The third-order valence-electron chi connectivity index (χ3n) is 5.20. The Hall–Kier alpha value is -1.94. The minimum Gasteiger partial charge on any atom is -0.490 e. The molecule has 2 heterocycles. The van der Waals surface area contributed by atoms with Gasteiger partial charge >= 0.3 is 0 Å². The molecule has 1 fully saturated rings. The maximum Gasteiger partial charge on any atom is 0.123 e. The number of pyridine rings is 1. The van der Waals surface area contributed by atoms with Crippen molar-refractivity contribution in [1.29, 1.82) is 0 Å². The maximum absolute atomic E-state index is 12.9. The smallest absolute Gasteiger partial charge is 0.123 e. The molecule has 1 aromatic carbocycles. The monoisotopic (exact) mass is 326 g/mol. The van der Waals surface area contributed by atoms with E-state index in [1.54, 1.807) is 12.1 Å². The topological polar surface area (TPSA) is 25.4 Å². The third-order valence-corrected chi connectivity index (χ3v) is 5.20. The van der Waals surface area contributed by atoms with Crippen molar-refractivity contribution in [1.82, 2.24) is 9.88 Å². The van der Waals surface area contributed by atoms with E-state index < -0.39 is 0 Å². The van der Waals surface area contributed by atoms with Crippen LogP contribution in [-0.2, 0) is 6.42 Å². The standard InChI is InChI=1S/C20H23FN2O/c21-17-5-7-18(8-6-17)24-19-9-12-23(13-10-19)14-16-4-3-15-2-1-11-22-20(15)16/h1-2,5-8,11,16,19H,3-4,9-10,12-14H2. The van der Waals surface area contributed by atoms with Gasteiger partial charge in [-0.2, -0.15) is 0 Å². The van der Waals surface area contributed by atoms with E-state index in [0.29, 0.717) is 5.92 Å². The first-order valence-electron chi connectivity index (χ1n) is 8.86. The van der Waals surface area contributed by atoms with Crippen molar-refractivity contribution < 1.29 is 9.13 Å². The minimum atomic E-state index is -0.220. The Kier molecular flexibility index (Phi) is 4.48. The van der Waals surface area contributed by atoms with Gasteiger partial charge in [0.1, 0.15) is 17.7 Å². The van der Waals surface area contributed by atoms with E-state index in [-0.39, 0.29) is 11.9 Å². The lowest BCUT2D eigenvalue weighted by Gasteiger charge is -2.33. The lowest BCUT2D eigenvalue weighted by atomic mass is 10.0. The first-order chi connectivity index (χ1) is 11.8. The number of benzene rings is 1. The molecule has 0 bridgehead atoms. The van der Waals surface area contributed by atoms with Crippen molar-refractivity contribution in [3.63, 3.8) is 0 Å². The Morgan fingerprint density at radius 3 is 2.67 bits per heavy atom. The quantitative estimate of drug-likeness (QED) is 0.855. The van der Waals surface area contributed by atoms with E-state index in [2.05, 4.69) is 16.0 Å². The second kappa shape index (κ2) is 6.89. The van der Waals surface area contributed by atoms with Crippen LogP contribution < -0.4 is 4.74 Å². The molecule has 2 aliphatic rings. The Bertz CT molecular complexity index is 680. The Morgan fingerprint density at radius 2 is 1.88 bits per heavy atom. The molecule has 3 nitrogen and oxygen atoms in total. The van der Waals surface area contributed by atoms with Crippen LogP contribution in [0.5, 0.6) is 5.75 Å². The van der Waals surface area contributed by atoms with Crippen molar-refractivity contribution >= 4 is 0 Å². The van der Waals surface area contributed by atoms with E-state index in [4.69, 9.17) is 4.74 Å². The molecule has 1 aliphatic carbocycles. The second-order valence-electron chi connectivity index (χ2n) is 6.86. The van der Waals surface area contributed by atoms with E-state index in [1.807, 2.05) is 12.3 Å². The predicted molar refractivity (Wildman–Crippen MR) is 91.8 cm³/mol. The number of aryl methyl sites for hydroxylation is 1. The van der Waals surface area contributed by atoms with Gasteiger partial charge in [0.15, 0.2) is 0 Å². The summed E-state index contributed by atoms with van der Waals surface area (Å²) < 4.78 is 18.9. The predicted octanol–water partition coefficient (Wildman–Crippen LogP) is 3.79. The molecular weight excluding hydrogens is 303 g/mol. The summed E-state index contributed by atoms with van der Waals surface area (Å²) in [7, 11) is 0. The van der Waals surface area contributed by atoms with Crippen LogP contribution in [0.15, 0.2) is 42.6 Å². The summed E-state index contributed by atoms with van der Waals surface area (Å²) in [6, 6.07) is 10.6. The van der Waals surface area contributed by atoms with Crippen LogP contribution >= 0.6 is 0 Å². The summed E-state index contributed by atoms with van der Waals surface area (Å²) >= 11 is 0. The van der Waals surface area contributed by atoms with Gasteiger partial charge in [-0.05, 0) is 61.6 Å². The highest BCUT2D eigenvalue weighted by Crippen LogP contribution is 2.32. The first kappa shape index (κ1) is 15.6. The Morgan fingerprint density at radius 1 is 1.08 bits per heavy atom. The number of likely N-dealkylation sites (tertiary alicyclic amines) is 1. The molecule has 4 heteroatoms. The first-order valence-corrected chi connectivity index (χ1v) is 8.86. The van der Waals surface area contributed by atoms with Gasteiger partial charge in [-0.15, -0.1) is 0 Å². The molecule has 126 valence electrons. The number of nitrogens with zero attached hydrogens (tertiary/aromatic N) is 2. The van der Waals surface area contributed by atoms with Gasteiger partial charge < -0.3 is 9.64 Å². The van der Waals surface area contributed by atoms with Crippen molar-refractivity contribution in [2.24, 2.45) is 0 Å². The second-order valence-corrected chi connectivity index (χ2v) is 6.86. The highest BCUT2D eigenvalue weighted by atomic mass is 19.1. The van der Waals surface area contributed by atoms with E-state index in [1.165, 1.54) is 29.8 Å². The number of fused-ring (bicyclic) bond motifs is 1. The largest absolute Gasteiger partial charge is 0.490 e. The van der Waals surface area contributed by atoms with Crippen molar-refractivity contribution in [3.05, 3.63) is 59.7 Å². The molecular formula is C20H23FN2O. The summed E-state index contributed by atoms with van der Waals surface area (Å²) in [5.74, 6) is 1.13. The fourth-order valence-corrected chi connectivity index (χ4v) is 3.90. The van der Waals surface area contributed by atoms with Crippen molar-refractivity contribution in [2.45, 2.75) is 37.7 Å².